The highest BCUT2D eigenvalue weighted by Gasteiger charge is 2.35. The predicted octanol–water partition coefficient (Wildman–Crippen LogP) is 4.79. The van der Waals surface area contributed by atoms with Crippen LogP contribution in [0.2, 0.25) is 0 Å². The predicted molar refractivity (Wildman–Crippen MR) is 139 cm³/mol. The fourth-order valence-electron chi connectivity index (χ4n) is 4.17. The van der Waals surface area contributed by atoms with Crippen molar-refractivity contribution in [3.8, 4) is 12.0 Å². The third-order valence-electron chi connectivity index (χ3n) is 6.00. The van der Waals surface area contributed by atoms with Crippen molar-refractivity contribution in [3.05, 3.63) is 65.7 Å². The van der Waals surface area contributed by atoms with Gasteiger partial charge in [-0.15, -0.1) is 0 Å². The lowest BCUT2D eigenvalue weighted by Crippen LogP contribution is -2.38. The number of hydrogen-bond donors (Lipinski definition) is 2. The molecule has 2 atom stereocenters. The fraction of sp³-hybridized carbons (Fsp3) is 0.222. The molecule has 37 heavy (non-hydrogen) atoms. The van der Waals surface area contributed by atoms with E-state index in [1.807, 2.05) is 44.2 Å². The first-order valence-corrected chi connectivity index (χ1v) is 12.5. The van der Waals surface area contributed by atoms with Crippen molar-refractivity contribution in [2.24, 2.45) is 5.92 Å². The maximum Gasteiger partial charge on any atom is 0.289 e. The highest BCUT2D eigenvalue weighted by molar-refractivity contribution is 8.15. The molecule has 2 aromatic heterocycles. The highest BCUT2D eigenvalue weighted by Crippen LogP contribution is 2.37. The van der Waals surface area contributed by atoms with Gasteiger partial charge >= 0.3 is 0 Å². The molecular weight excluding hydrogens is 492 g/mol. The van der Waals surface area contributed by atoms with Crippen LogP contribution in [0.4, 0.5) is 10.6 Å². The summed E-state index contributed by atoms with van der Waals surface area (Å²) < 4.78 is 12.1. The Bertz CT molecular complexity index is 1590. The Morgan fingerprint density at radius 2 is 1.97 bits per heavy atom. The Labute approximate surface area is 216 Å². The zero-order chi connectivity index (χ0) is 26.1. The second-order valence-electron chi connectivity index (χ2n) is 8.91. The summed E-state index contributed by atoms with van der Waals surface area (Å²) in [5.74, 6) is -0.907. The summed E-state index contributed by atoms with van der Waals surface area (Å²) in [6, 6.07) is 18.3. The summed E-state index contributed by atoms with van der Waals surface area (Å²) >= 11 is 0.912. The summed E-state index contributed by atoms with van der Waals surface area (Å²) in [7, 11) is 0. The number of hydrogen-bond acceptors (Lipinski definition) is 8. The van der Waals surface area contributed by atoms with Crippen LogP contribution in [0.25, 0.3) is 21.9 Å². The van der Waals surface area contributed by atoms with Gasteiger partial charge < -0.3 is 14.5 Å². The maximum absolute atomic E-state index is 13.4. The molecule has 9 nitrogen and oxygen atoms in total. The molecule has 3 heterocycles. The molecule has 2 aromatic carbocycles. The Kier molecular flexibility index (Phi) is 6.54. The van der Waals surface area contributed by atoms with Crippen LogP contribution in [-0.4, -0.2) is 33.4 Å². The van der Waals surface area contributed by atoms with Crippen LogP contribution in [0.15, 0.2) is 59.0 Å². The van der Waals surface area contributed by atoms with E-state index in [0.717, 1.165) is 22.5 Å². The monoisotopic (exact) mass is 514 g/mol. The number of imide groups is 1. The summed E-state index contributed by atoms with van der Waals surface area (Å²) in [4.78, 5) is 41.8. The van der Waals surface area contributed by atoms with Crippen molar-refractivity contribution in [1.29, 1.82) is 5.26 Å². The molecule has 1 aliphatic heterocycles. The third kappa shape index (κ3) is 4.86. The number of para-hydroxylation sites is 2. The molecule has 2 N–H and O–H groups in total. The molecule has 0 bridgehead atoms. The summed E-state index contributed by atoms with van der Waals surface area (Å²) in [6.07, 6.45) is -0.808. The first-order valence-electron chi connectivity index (χ1n) is 11.6. The van der Waals surface area contributed by atoms with Crippen LogP contribution in [-0.2, 0) is 16.0 Å². The molecule has 1 fully saturated rings. The molecule has 0 saturated carbocycles. The molecule has 186 valence electrons. The standard InChI is InChI=1S/C27H22N4O5S/c1-14(2)22(25(33)30-23-16(13-28)11-15-7-3-5-9-19(15)29-23)36-26-18(12-21-24(32)31-27(34)37-21)17-8-4-6-10-20(17)35-26/h3-11,14,21-22H,12H2,1-2H3,(H,29,30,33)(H,31,32,34). The summed E-state index contributed by atoms with van der Waals surface area (Å²) in [5.41, 5.74) is 2.00. The number of thioether (sulfide) groups is 1. The van der Waals surface area contributed by atoms with Gasteiger partial charge in [0.05, 0.1) is 16.3 Å². The zero-order valence-electron chi connectivity index (χ0n) is 20.0. The Morgan fingerprint density at radius 1 is 1.22 bits per heavy atom. The van der Waals surface area contributed by atoms with Crippen LogP contribution in [0.5, 0.6) is 5.95 Å². The number of aromatic nitrogens is 1. The van der Waals surface area contributed by atoms with Crippen molar-refractivity contribution < 1.29 is 23.5 Å². The number of pyridine rings is 1. The van der Waals surface area contributed by atoms with Gasteiger partial charge in [-0.25, -0.2) is 4.98 Å². The minimum absolute atomic E-state index is 0.106. The zero-order valence-corrected chi connectivity index (χ0v) is 20.8. The van der Waals surface area contributed by atoms with Gasteiger partial charge in [0.15, 0.2) is 11.9 Å². The van der Waals surface area contributed by atoms with Gasteiger partial charge in [0, 0.05) is 22.8 Å². The van der Waals surface area contributed by atoms with E-state index < -0.39 is 22.5 Å². The number of nitriles is 1. The van der Waals surface area contributed by atoms with E-state index >= 15 is 0 Å². The van der Waals surface area contributed by atoms with E-state index in [-0.39, 0.29) is 35.6 Å². The number of fused-ring (bicyclic) bond motifs is 2. The van der Waals surface area contributed by atoms with E-state index in [1.165, 1.54) is 0 Å². The molecule has 10 heteroatoms. The van der Waals surface area contributed by atoms with Gasteiger partial charge in [0.25, 0.3) is 17.1 Å². The van der Waals surface area contributed by atoms with Gasteiger partial charge in [-0.1, -0.05) is 62.0 Å². The van der Waals surface area contributed by atoms with E-state index in [4.69, 9.17) is 9.15 Å². The number of ether oxygens (including phenoxy) is 1. The van der Waals surface area contributed by atoms with E-state index in [9.17, 15) is 19.6 Å². The largest absolute Gasteiger partial charge is 0.451 e. The molecule has 3 amide bonds. The summed E-state index contributed by atoms with van der Waals surface area (Å²) in [5, 5.41) is 15.1. The van der Waals surface area contributed by atoms with E-state index in [0.29, 0.717) is 16.7 Å². The minimum Gasteiger partial charge on any atom is -0.451 e. The number of anilines is 1. The number of benzene rings is 2. The second kappa shape index (κ2) is 9.95. The normalized spacial score (nSPS) is 16.1. The lowest BCUT2D eigenvalue weighted by molar-refractivity contribution is -0.125. The van der Waals surface area contributed by atoms with Crippen LogP contribution in [0, 0.1) is 17.2 Å². The number of carbonyl (C=O) groups excluding carboxylic acids is 3. The van der Waals surface area contributed by atoms with Crippen molar-refractivity contribution in [3.63, 3.8) is 0 Å². The second-order valence-corrected chi connectivity index (χ2v) is 10.1. The Balaban J connectivity index is 1.46. The van der Waals surface area contributed by atoms with Gasteiger partial charge in [-0.05, 0) is 24.1 Å². The number of rotatable bonds is 7. The molecule has 5 rings (SSSR count). The van der Waals surface area contributed by atoms with E-state index in [1.54, 1.807) is 24.3 Å². The van der Waals surface area contributed by atoms with Crippen LogP contribution >= 0.6 is 11.8 Å². The van der Waals surface area contributed by atoms with Crippen molar-refractivity contribution in [2.45, 2.75) is 31.6 Å². The quantitative estimate of drug-likeness (QED) is 0.360. The number of nitrogens with one attached hydrogen (secondary N) is 2. The fourth-order valence-corrected chi connectivity index (χ4v) is 5.00. The van der Waals surface area contributed by atoms with Crippen molar-refractivity contribution >= 4 is 56.5 Å². The van der Waals surface area contributed by atoms with Crippen LogP contribution in [0.1, 0.15) is 25.0 Å². The molecule has 1 aliphatic rings. The molecule has 0 aliphatic carbocycles. The number of nitrogens with zero attached hydrogens (tertiary/aromatic N) is 2. The van der Waals surface area contributed by atoms with Crippen molar-refractivity contribution in [1.82, 2.24) is 10.3 Å². The first kappa shape index (κ1) is 24.3. The lowest BCUT2D eigenvalue weighted by Gasteiger charge is -2.21. The Morgan fingerprint density at radius 3 is 2.70 bits per heavy atom. The number of furan rings is 1. The smallest absolute Gasteiger partial charge is 0.289 e. The molecule has 0 spiro atoms. The molecule has 4 aromatic rings. The first-order chi connectivity index (χ1) is 17.8. The molecule has 0 radical (unpaired) electrons. The summed E-state index contributed by atoms with van der Waals surface area (Å²) in [6.45, 7) is 3.65. The van der Waals surface area contributed by atoms with Gasteiger partial charge in [-0.2, -0.15) is 5.26 Å². The highest BCUT2D eigenvalue weighted by atomic mass is 32.2. The average molecular weight is 515 g/mol. The van der Waals surface area contributed by atoms with E-state index in [2.05, 4.69) is 21.7 Å². The van der Waals surface area contributed by atoms with Gasteiger partial charge in [-0.3, -0.25) is 19.7 Å². The minimum atomic E-state index is -0.995. The molecule has 2 unspecified atom stereocenters. The third-order valence-corrected chi connectivity index (χ3v) is 6.98. The Hall–Kier alpha value is -4.36. The van der Waals surface area contributed by atoms with Gasteiger partial charge in [0.1, 0.15) is 11.7 Å². The molecule has 1 saturated heterocycles. The maximum atomic E-state index is 13.4. The number of amides is 3. The van der Waals surface area contributed by atoms with Crippen LogP contribution < -0.4 is 15.4 Å². The van der Waals surface area contributed by atoms with Gasteiger partial charge in [0.2, 0.25) is 5.91 Å². The molecular formula is C27H22N4O5S. The lowest BCUT2D eigenvalue weighted by atomic mass is 10.1. The SMILES string of the molecule is CC(C)C(Oc1oc2ccccc2c1CC1SC(=O)NC1=O)C(=O)Nc1nc2ccccc2cc1C#N. The van der Waals surface area contributed by atoms with Crippen LogP contribution in [0.3, 0.4) is 0 Å². The van der Waals surface area contributed by atoms with Crippen molar-refractivity contribution in [2.75, 3.05) is 5.32 Å². The topological polar surface area (TPSA) is 134 Å². The average Bonchev–Trinajstić information content (AvgIpc) is 3.39. The number of carbonyl (C=O) groups is 3.